The molecule has 0 saturated heterocycles. The molecule has 5 nitrogen and oxygen atoms in total. The van der Waals surface area contributed by atoms with Crippen molar-refractivity contribution in [3.8, 4) is 0 Å². The maximum absolute atomic E-state index is 12.0. The first-order valence-electron chi connectivity index (χ1n) is 7.44. The number of hydrogen-bond donors (Lipinski definition) is 3. The minimum atomic E-state index is -0.161. The zero-order valence-electron chi connectivity index (χ0n) is 12.9. The number of amides is 2. The molecule has 0 aliphatic heterocycles. The maximum Gasteiger partial charge on any atom is 0.265 e. The Balaban J connectivity index is 1.88. The lowest BCUT2D eigenvalue weighted by Gasteiger charge is -2.11. The fourth-order valence-corrected chi connectivity index (χ4v) is 2.62. The molecule has 1 unspecified atom stereocenters. The highest BCUT2D eigenvalue weighted by Crippen LogP contribution is 2.14. The first-order chi connectivity index (χ1) is 11.1. The Labute approximate surface area is 139 Å². The van der Waals surface area contributed by atoms with Gasteiger partial charge in [-0.25, -0.2) is 0 Å². The van der Waals surface area contributed by atoms with Gasteiger partial charge in [-0.05, 0) is 48.1 Å². The van der Waals surface area contributed by atoms with Crippen molar-refractivity contribution in [3.63, 3.8) is 0 Å². The van der Waals surface area contributed by atoms with E-state index in [-0.39, 0.29) is 24.3 Å². The predicted octanol–water partition coefficient (Wildman–Crippen LogP) is 2.75. The standard InChI is InChI=1S/C17H20N2O3S/c1-12(8-9-20)11-18-16(21)13-4-6-14(7-5-13)19-17(22)15-3-2-10-23-15/h2-7,10,12,20H,8-9,11H2,1H3,(H,18,21)(H,19,22). The second kappa shape index (κ2) is 8.45. The summed E-state index contributed by atoms with van der Waals surface area (Å²) in [5.74, 6) is -0.0886. The summed E-state index contributed by atoms with van der Waals surface area (Å²) in [7, 11) is 0. The zero-order chi connectivity index (χ0) is 16.7. The Hall–Kier alpha value is -2.18. The summed E-state index contributed by atoms with van der Waals surface area (Å²) in [6.07, 6.45) is 0.661. The largest absolute Gasteiger partial charge is 0.396 e. The number of thiophene rings is 1. The van der Waals surface area contributed by atoms with Crippen molar-refractivity contribution in [1.29, 1.82) is 0 Å². The Kier molecular flexibility index (Phi) is 6.31. The molecule has 6 heteroatoms. The predicted molar refractivity (Wildman–Crippen MR) is 91.9 cm³/mol. The molecule has 23 heavy (non-hydrogen) atoms. The number of benzene rings is 1. The molecule has 1 aromatic carbocycles. The number of aliphatic hydroxyl groups is 1. The van der Waals surface area contributed by atoms with E-state index in [1.807, 2.05) is 18.4 Å². The van der Waals surface area contributed by atoms with Gasteiger partial charge in [0, 0.05) is 24.4 Å². The molecule has 1 atom stereocenters. The van der Waals surface area contributed by atoms with Crippen molar-refractivity contribution < 1.29 is 14.7 Å². The van der Waals surface area contributed by atoms with E-state index < -0.39 is 0 Å². The molecule has 3 N–H and O–H groups in total. The van der Waals surface area contributed by atoms with Crippen LogP contribution in [0.1, 0.15) is 33.4 Å². The van der Waals surface area contributed by atoms with Crippen LogP contribution in [0.15, 0.2) is 41.8 Å². The number of anilines is 1. The lowest BCUT2D eigenvalue weighted by molar-refractivity contribution is 0.0945. The van der Waals surface area contributed by atoms with Gasteiger partial charge in [-0.15, -0.1) is 11.3 Å². The first-order valence-corrected chi connectivity index (χ1v) is 8.32. The van der Waals surface area contributed by atoms with E-state index in [0.717, 1.165) is 0 Å². The number of carbonyl (C=O) groups excluding carboxylic acids is 2. The lowest BCUT2D eigenvalue weighted by atomic mass is 10.1. The molecule has 1 aromatic heterocycles. The molecule has 0 radical (unpaired) electrons. The molecule has 2 rings (SSSR count). The van der Waals surface area contributed by atoms with Crippen LogP contribution in [0.5, 0.6) is 0 Å². The van der Waals surface area contributed by atoms with Gasteiger partial charge in [0.1, 0.15) is 0 Å². The Morgan fingerprint density at radius 3 is 2.52 bits per heavy atom. The van der Waals surface area contributed by atoms with Crippen LogP contribution in [0.4, 0.5) is 5.69 Å². The van der Waals surface area contributed by atoms with Crippen LogP contribution in [-0.4, -0.2) is 30.1 Å². The fraction of sp³-hybridized carbons (Fsp3) is 0.294. The number of nitrogens with one attached hydrogen (secondary N) is 2. The molecule has 2 aromatic rings. The summed E-state index contributed by atoms with van der Waals surface area (Å²) in [6.45, 7) is 2.62. The molecule has 0 aliphatic rings. The first kappa shape index (κ1) is 17.2. The third kappa shape index (κ3) is 5.19. The van der Waals surface area contributed by atoms with Gasteiger partial charge in [0.25, 0.3) is 11.8 Å². The topological polar surface area (TPSA) is 78.4 Å². The lowest BCUT2D eigenvalue weighted by Crippen LogP contribution is -2.28. The molecule has 0 fully saturated rings. The summed E-state index contributed by atoms with van der Waals surface area (Å²) < 4.78 is 0. The second-order valence-corrected chi connectivity index (χ2v) is 6.28. The number of hydrogen-bond acceptors (Lipinski definition) is 4. The second-order valence-electron chi connectivity index (χ2n) is 5.34. The minimum absolute atomic E-state index is 0.121. The maximum atomic E-state index is 12.0. The van der Waals surface area contributed by atoms with Crippen molar-refractivity contribution in [2.75, 3.05) is 18.5 Å². The van der Waals surface area contributed by atoms with E-state index in [2.05, 4.69) is 10.6 Å². The Bertz CT molecular complexity index is 638. The van der Waals surface area contributed by atoms with Gasteiger partial charge >= 0.3 is 0 Å². The quantitative estimate of drug-likeness (QED) is 0.729. The van der Waals surface area contributed by atoms with Gasteiger partial charge in [0.05, 0.1) is 4.88 Å². The number of rotatable bonds is 7. The van der Waals surface area contributed by atoms with Crippen LogP contribution in [0.2, 0.25) is 0 Å². The zero-order valence-corrected chi connectivity index (χ0v) is 13.7. The average Bonchev–Trinajstić information content (AvgIpc) is 3.08. The summed E-state index contributed by atoms with van der Waals surface area (Å²) in [5.41, 5.74) is 1.18. The van der Waals surface area contributed by atoms with E-state index in [9.17, 15) is 9.59 Å². The smallest absolute Gasteiger partial charge is 0.265 e. The minimum Gasteiger partial charge on any atom is -0.396 e. The molecule has 0 saturated carbocycles. The monoisotopic (exact) mass is 332 g/mol. The number of aliphatic hydroxyl groups excluding tert-OH is 1. The fourth-order valence-electron chi connectivity index (χ4n) is 2.00. The van der Waals surface area contributed by atoms with Crippen molar-refractivity contribution in [1.82, 2.24) is 5.32 Å². The Morgan fingerprint density at radius 1 is 1.17 bits per heavy atom. The van der Waals surface area contributed by atoms with Gasteiger partial charge in [-0.3, -0.25) is 9.59 Å². The average molecular weight is 332 g/mol. The van der Waals surface area contributed by atoms with Crippen LogP contribution in [0.3, 0.4) is 0 Å². The third-order valence-electron chi connectivity index (χ3n) is 3.38. The van der Waals surface area contributed by atoms with E-state index >= 15 is 0 Å². The highest BCUT2D eigenvalue weighted by molar-refractivity contribution is 7.12. The third-order valence-corrected chi connectivity index (χ3v) is 4.25. The van der Waals surface area contributed by atoms with E-state index in [4.69, 9.17) is 5.11 Å². The van der Waals surface area contributed by atoms with Crippen LogP contribution in [-0.2, 0) is 0 Å². The van der Waals surface area contributed by atoms with Gasteiger partial charge < -0.3 is 15.7 Å². The van der Waals surface area contributed by atoms with Gasteiger partial charge in [-0.1, -0.05) is 13.0 Å². The SMILES string of the molecule is CC(CCO)CNC(=O)c1ccc(NC(=O)c2cccs2)cc1. The highest BCUT2D eigenvalue weighted by Gasteiger charge is 2.09. The molecular formula is C17H20N2O3S. The molecule has 0 spiro atoms. The summed E-state index contributed by atoms with van der Waals surface area (Å²) >= 11 is 1.38. The molecular weight excluding hydrogens is 312 g/mol. The van der Waals surface area contributed by atoms with Crippen molar-refractivity contribution in [2.24, 2.45) is 5.92 Å². The Morgan fingerprint density at radius 2 is 1.91 bits per heavy atom. The normalized spacial score (nSPS) is 11.7. The molecule has 2 amide bonds. The van der Waals surface area contributed by atoms with Crippen molar-refractivity contribution in [2.45, 2.75) is 13.3 Å². The van der Waals surface area contributed by atoms with Crippen LogP contribution in [0.25, 0.3) is 0 Å². The van der Waals surface area contributed by atoms with E-state index in [1.165, 1.54) is 11.3 Å². The van der Waals surface area contributed by atoms with Gasteiger partial charge in [0.2, 0.25) is 0 Å². The molecule has 0 aliphatic carbocycles. The highest BCUT2D eigenvalue weighted by atomic mass is 32.1. The van der Waals surface area contributed by atoms with Crippen molar-refractivity contribution >= 4 is 28.8 Å². The van der Waals surface area contributed by atoms with E-state index in [1.54, 1.807) is 30.3 Å². The molecule has 122 valence electrons. The summed E-state index contributed by atoms with van der Waals surface area (Å²) in [6, 6.07) is 10.3. The number of carbonyl (C=O) groups is 2. The molecule has 0 bridgehead atoms. The van der Waals surface area contributed by atoms with Crippen LogP contribution in [0, 0.1) is 5.92 Å². The van der Waals surface area contributed by atoms with E-state index in [0.29, 0.717) is 29.1 Å². The van der Waals surface area contributed by atoms with Gasteiger partial charge in [-0.2, -0.15) is 0 Å². The van der Waals surface area contributed by atoms with Gasteiger partial charge in [0.15, 0.2) is 0 Å². The summed E-state index contributed by atoms with van der Waals surface area (Å²) in [4.78, 5) is 24.6. The summed E-state index contributed by atoms with van der Waals surface area (Å²) in [5, 5.41) is 16.3. The van der Waals surface area contributed by atoms with Crippen molar-refractivity contribution in [3.05, 3.63) is 52.2 Å². The van der Waals surface area contributed by atoms with Crippen LogP contribution < -0.4 is 10.6 Å². The molecule has 1 heterocycles. The van der Waals surface area contributed by atoms with Crippen LogP contribution >= 0.6 is 11.3 Å².